The molecular formula is C19H21F3N4O2. The van der Waals surface area contributed by atoms with E-state index in [4.69, 9.17) is 5.73 Å². The summed E-state index contributed by atoms with van der Waals surface area (Å²) in [7, 11) is 3.35. The molecule has 6 nitrogen and oxygen atoms in total. The molecule has 0 aromatic heterocycles. The van der Waals surface area contributed by atoms with Gasteiger partial charge < -0.3 is 20.7 Å². The minimum atomic E-state index is -4.81. The molecule has 2 aromatic carbocycles. The second-order valence-corrected chi connectivity index (χ2v) is 6.09. The van der Waals surface area contributed by atoms with Crippen LogP contribution < -0.4 is 15.8 Å². The van der Waals surface area contributed by atoms with Crippen molar-refractivity contribution in [2.75, 3.05) is 26.0 Å². The van der Waals surface area contributed by atoms with Gasteiger partial charge in [0.15, 0.2) is 11.7 Å². The Labute approximate surface area is 160 Å². The summed E-state index contributed by atoms with van der Waals surface area (Å²) in [6, 6.07) is 12.7. The zero-order chi connectivity index (χ0) is 20.7. The number of benzene rings is 2. The topological polar surface area (TPSA) is 80.0 Å². The summed E-state index contributed by atoms with van der Waals surface area (Å²) in [4.78, 5) is 17.6. The van der Waals surface area contributed by atoms with Gasteiger partial charge in [-0.3, -0.25) is 9.79 Å². The smallest absolute Gasteiger partial charge is 0.404 e. The van der Waals surface area contributed by atoms with Crippen LogP contribution in [0.25, 0.3) is 0 Å². The van der Waals surface area contributed by atoms with Crippen LogP contribution in [0.1, 0.15) is 15.9 Å². The number of nitrogens with two attached hydrogens (primary N) is 1. The van der Waals surface area contributed by atoms with Gasteiger partial charge in [-0.15, -0.1) is 13.2 Å². The van der Waals surface area contributed by atoms with Crippen LogP contribution in [0.4, 0.5) is 18.9 Å². The van der Waals surface area contributed by atoms with Gasteiger partial charge in [0.25, 0.3) is 5.91 Å². The number of aliphatic imine (C=N–C) groups is 1. The molecule has 2 aromatic rings. The number of hydrogen-bond donors (Lipinski definition) is 2. The van der Waals surface area contributed by atoms with Crippen LogP contribution in [0.3, 0.4) is 0 Å². The maximum atomic E-state index is 12.4. The van der Waals surface area contributed by atoms with Gasteiger partial charge in [0, 0.05) is 26.2 Å². The third kappa shape index (κ3) is 6.49. The standard InChI is InChI=1S/C19H21F3N4O2/c1-26(2)17(27)14-7-5-6-13(12-14)10-11-24-18(23)25-15-8-3-4-9-16(15)28-19(20,21)22/h3-9,12H,10-11H2,1-2H3,(H3,23,24,25). The number of carbonyl (C=O) groups excluding carboxylic acids is 1. The van der Waals surface area contributed by atoms with Crippen molar-refractivity contribution in [1.29, 1.82) is 0 Å². The highest BCUT2D eigenvalue weighted by molar-refractivity contribution is 5.94. The average molecular weight is 394 g/mol. The van der Waals surface area contributed by atoms with Gasteiger partial charge in [0.1, 0.15) is 0 Å². The summed E-state index contributed by atoms with van der Waals surface area (Å²) in [5, 5.41) is 2.61. The molecule has 0 saturated heterocycles. The second-order valence-electron chi connectivity index (χ2n) is 6.09. The summed E-state index contributed by atoms with van der Waals surface area (Å²) >= 11 is 0. The fourth-order valence-corrected chi connectivity index (χ4v) is 2.38. The molecule has 9 heteroatoms. The Kier molecular flexibility index (Phi) is 6.86. The van der Waals surface area contributed by atoms with Gasteiger partial charge in [-0.25, -0.2) is 0 Å². The quantitative estimate of drug-likeness (QED) is 0.582. The average Bonchev–Trinajstić information content (AvgIpc) is 2.61. The van der Waals surface area contributed by atoms with Crippen molar-refractivity contribution < 1.29 is 22.7 Å². The first-order valence-electron chi connectivity index (χ1n) is 8.38. The van der Waals surface area contributed by atoms with Crippen LogP contribution in [0.2, 0.25) is 0 Å². The van der Waals surface area contributed by atoms with Gasteiger partial charge in [-0.05, 0) is 36.2 Å². The zero-order valence-electron chi connectivity index (χ0n) is 15.5. The molecule has 0 unspecified atom stereocenters. The number of para-hydroxylation sites is 2. The molecule has 0 spiro atoms. The Morgan fingerprint density at radius 1 is 1.18 bits per heavy atom. The van der Waals surface area contributed by atoms with E-state index in [9.17, 15) is 18.0 Å². The molecule has 0 bridgehead atoms. The van der Waals surface area contributed by atoms with Gasteiger partial charge in [-0.2, -0.15) is 0 Å². The molecule has 0 fully saturated rings. The highest BCUT2D eigenvalue weighted by atomic mass is 19.4. The first kappa shape index (κ1) is 21.1. The Hall–Kier alpha value is -3.23. The van der Waals surface area contributed by atoms with E-state index in [1.807, 2.05) is 6.07 Å². The maximum Gasteiger partial charge on any atom is 0.573 e. The highest BCUT2D eigenvalue weighted by Gasteiger charge is 2.32. The van der Waals surface area contributed by atoms with Crippen molar-refractivity contribution in [1.82, 2.24) is 4.90 Å². The number of anilines is 1. The molecule has 150 valence electrons. The number of rotatable bonds is 6. The predicted molar refractivity (Wildman–Crippen MR) is 101 cm³/mol. The van der Waals surface area contributed by atoms with Gasteiger partial charge >= 0.3 is 6.36 Å². The lowest BCUT2D eigenvalue weighted by molar-refractivity contribution is -0.274. The number of alkyl halides is 3. The predicted octanol–water partition coefficient (Wildman–Crippen LogP) is 3.26. The van der Waals surface area contributed by atoms with Crippen molar-refractivity contribution in [3.63, 3.8) is 0 Å². The number of carbonyl (C=O) groups is 1. The Bertz CT molecular complexity index is 851. The molecule has 1 amide bonds. The van der Waals surface area contributed by atoms with Gasteiger partial charge in [0.2, 0.25) is 0 Å². The lowest BCUT2D eigenvalue weighted by Gasteiger charge is -2.14. The molecule has 28 heavy (non-hydrogen) atoms. The summed E-state index contributed by atoms with van der Waals surface area (Å²) < 4.78 is 41.3. The minimum Gasteiger partial charge on any atom is -0.404 e. The highest BCUT2D eigenvalue weighted by Crippen LogP contribution is 2.29. The van der Waals surface area contributed by atoms with E-state index in [1.54, 1.807) is 38.4 Å². The summed E-state index contributed by atoms with van der Waals surface area (Å²) in [5.41, 5.74) is 7.28. The van der Waals surface area contributed by atoms with Crippen molar-refractivity contribution in [3.05, 3.63) is 59.7 Å². The van der Waals surface area contributed by atoms with Crippen LogP contribution in [-0.4, -0.2) is 43.8 Å². The number of nitrogens with zero attached hydrogens (tertiary/aromatic N) is 2. The molecule has 0 aliphatic rings. The van der Waals surface area contributed by atoms with Crippen molar-refractivity contribution >= 4 is 17.6 Å². The Morgan fingerprint density at radius 3 is 2.57 bits per heavy atom. The van der Waals surface area contributed by atoms with E-state index in [-0.39, 0.29) is 17.6 Å². The first-order valence-corrected chi connectivity index (χ1v) is 8.38. The molecular weight excluding hydrogens is 373 g/mol. The first-order chi connectivity index (χ1) is 13.2. The molecule has 0 radical (unpaired) electrons. The van der Waals surface area contributed by atoms with Crippen LogP contribution >= 0.6 is 0 Å². The maximum absolute atomic E-state index is 12.4. The number of ether oxygens (including phenoxy) is 1. The Balaban J connectivity index is 1.99. The fourth-order valence-electron chi connectivity index (χ4n) is 2.38. The van der Waals surface area contributed by atoms with E-state index >= 15 is 0 Å². The van der Waals surface area contributed by atoms with E-state index in [0.29, 0.717) is 18.5 Å². The summed E-state index contributed by atoms with van der Waals surface area (Å²) in [6.07, 6.45) is -4.30. The van der Waals surface area contributed by atoms with Crippen molar-refractivity contribution in [2.45, 2.75) is 12.8 Å². The number of halogens is 3. The second kappa shape index (κ2) is 9.12. The van der Waals surface area contributed by atoms with E-state index in [1.165, 1.54) is 23.1 Å². The lowest BCUT2D eigenvalue weighted by Crippen LogP contribution is -2.25. The molecule has 0 saturated carbocycles. The normalized spacial score (nSPS) is 11.8. The fraction of sp³-hybridized carbons (Fsp3) is 0.263. The number of guanidine groups is 1. The zero-order valence-corrected chi connectivity index (χ0v) is 15.5. The van der Waals surface area contributed by atoms with Gasteiger partial charge in [0.05, 0.1) is 5.69 Å². The third-order valence-electron chi connectivity index (χ3n) is 3.64. The van der Waals surface area contributed by atoms with Crippen molar-refractivity contribution in [3.8, 4) is 5.75 Å². The molecule has 2 rings (SSSR count). The molecule has 0 aliphatic carbocycles. The molecule has 3 N–H and O–H groups in total. The Morgan fingerprint density at radius 2 is 1.89 bits per heavy atom. The SMILES string of the molecule is CN(C)C(=O)c1cccc(CCN=C(N)Nc2ccccc2OC(F)(F)F)c1. The molecule has 0 aliphatic heterocycles. The molecule has 0 atom stereocenters. The third-order valence-corrected chi connectivity index (χ3v) is 3.64. The van der Waals surface area contributed by atoms with Crippen LogP contribution in [-0.2, 0) is 6.42 Å². The molecule has 0 heterocycles. The van der Waals surface area contributed by atoms with E-state index in [2.05, 4.69) is 15.0 Å². The summed E-state index contributed by atoms with van der Waals surface area (Å²) in [6.45, 7) is 0.292. The van der Waals surface area contributed by atoms with Crippen LogP contribution in [0.5, 0.6) is 5.75 Å². The van der Waals surface area contributed by atoms with Crippen molar-refractivity contribution in [2.24, 2.45) is 10.7 Å². The number of nitrogens with one attached hydrogen (secondary N) is 1. The lowest BCUT2D eigenvalue weighted by atomic mass is 10.1. The summed E-state index contributed by atoms with van der Waals surface area (Å²) in [5.74, 6) is -0.547. The van der Waals surface area contributed by atoms with Crippen LogP contribution in [0, 0.1) is 0 Å². The van der Waals surface area contributed by atoms with Gasteiger partial charge in [-0.1, -0.05) is 24.3 Å². The van der Waals surface area contributed by atoms with E-state index < -0.39 is 12.1 Å². The largest absolute Gasteiger partial charge is 0.573 e. The number of amides is 1. The van der Waals surface area contributed by atoms with E-state index in [0.717, 1.165) is 5.56 Å². The number of hydrogen-bond acceptors (Lipinski definition) is 3. The van der Waals surface area contributed by atoms with Crippen LogP contribution in [0.15, 0.2) is 53.5 Å². The monoisotopic (exact) mass is 394 g/mol. The minimum absolute atomic E-state index is 0.0428.